The molecule has 0 atom stereocenters. The predicted molar refractivity (Wildman–Crippen MR) is 48.1 cm³/mol. The molecule has 3 N–H and O–H groups in total. The van der Waals surface area contributed by atoms with Crippen LogP contribution in [0.1, 0.15) is 0 Å². The monoisotopic (exact) mass is 181 g/mol. The van der Waals surface area contributed by atoms with Crippen molar-refractivity contribution in [2.45, 2.75) is 0 Å². The lowest BCUT2D eigenvalue weighted by atomic mass is 10.5. The molecule has 0 aliphatic carbocycles. The summed E-state index contributed by atoms with van der Waals surface area (Å²) in [6, 6.07) is 0. The van der Waals surface area contributed by atoms with Gasteiger partial charge in [0, 0.05) is 7.05 Å². The molecule has 6 heteroatoms. The number of imidazole rings is 1. The second-order valence-corrected chi connectivity index (χ2v) is 2.82. The van der Waals surface area contributed by atoms with Crippen LogP contribution in [-0.2, 0) is 7.05 Å². The molecule has 2 aromatic heterocycles. The molecule has 0 fully saturated rings. The van der Waals surface area contributed by atoms with E-state index in [1.165, 1.54) is 0 Å². The quantitative estimate of drug-likeness (QED) is 0.584. The fourth-order valence-electron chi connectivity index (χ4n) is 0.984. The molecule has 62 valence electrons. The lowest BCUT2D eigenvalue weighted by molar-refractivity contribution is 0.882. The van der Waals surface area contributed by atoms with Gasteiger partial charge in [-0.05, 0) is 0 Å². The fraction of sp³-hybridized carbons (Fsp3) is 0.167. The van der Waals surface area contributed by atoms with Crippen LogP contribution in [0.4, 0.5) is 5.95 Å². The van der Waals surface area contributed by atoms with Gasteiger partial charge in [0.2, 0.25) is 5.95 Å². The molecule has 12 heavy (non-hydrogen) atoms. The van der Waals surface area contributed by atoms with Gasteiger partial charge in [-0.25, -0.2) is 4.98 Å². The third-order valence-corrected chi connectivity index (χ3v) is 2.18. The molecule has 0 aliphatic heterocycles. The maximum absolute atomic E-state index is 5.58. The number of nitrogens with one attached hydrogen (secondary N) is 1. The number of nitrogen functional groups attached to an aromatic ring is 1. The first-order valence-electron chi connectivity index (χ1n) is 3.35. The first-order valence-corrected chi connectivity index (χ1v) is 3.76. The molecule has 0 saturated heterocycles. The number of anilines is 1. The Bertz CT molecular complexity index is 482. The van der Waals surface area contributed by atoms with Gasteiger partial charge in [-0.3, -0.25) is 0 Å². The molecule has 0 aliphatic rings. The van der Waals surface area contributed by atoms with Gasteiger partial charge in [0.25, 0.3) is 0 Å². The summed E-state index contributed by atoms with van der Waals surface area (Å²) in [5.74, 6) is 0.375. The molecule has 0 radical (unpaired) electrons. The van der Waals surface area contributed by atoms with Crippen molar-refractivity contribution in [3.05, 3.63) is 11.0 Å². The molecule has 0 bridgehead atoms. The Morgan fingerprint density at radius 1 is 1.67 bits per heavy atom. The number of rotatable bonds is 0. The predicted octanol–water partition coefficient (Wildman–Crippen LogP) is 0.608. The van der Waals surface area contributed by atoms with E-state index in [-0.39, 0.29) is 0 Å². The second-order valence-electron chi connectivity index (χ2n) is 2.44. The number of nitrogens with two attached hydrogens (primary N) is 1. The summed E-state index contributed by atoms with van der Waals surface area (Å²) in [5, 5.41) is 0. The lowest BCUT2D eigenvalue weighted by Gasteiger charge is -2.01. The van der Waals surface area contributed by atoms with Crippen LogP contribution in [0.2, 0.25) is 0 Å². The number of hydrogen-bond donors (Lipinski definition) is 2. The van der Waals surface area contributed by atoms with E-state index in [0.29, 0.717) is 16.2 Å². The van der Waals surface area contributed by atoms with Crippen molar-refractivity contribution in [1.82, 2.24) is 19.5 Å². The summed E-state index contributed by atoms with van der Waals surface area (Å²) in [5.41, 5.74) is 6.89. The van der Waals surface area contributed by atoms with E-state index < -0.39 is 0 Å². The molecule has 5 nitrogen and oxygen atoms in total. The van der Waals surface area contributed by atoms with Crippen molar-refractivity contribution >= 4 is 29.3 Å². The number of fused-ring (bicyclic) bond motifs is 1. The summed E-state index contributed by atoms with van der Waals surface area (Å²) < 4.78 is 2.26. The molecular weight excluding hydrogens is 174 g/mol. The zero-order chi connectivity index (χ0) is 8.72. The van der Waals surface area contributed by atoms with Gasteiger partial charge in [0.05, 0.1) is 6.33 Å². The number of aromatic nitrogens is 4. The Labute approximate surface area is 73.3 Å². The average Bonchev–Trinajstić information content (AvgIpc) is 2.48. The Hall–Kier alpha value is -1.43. The second kappa shape index (κ2) is 2.28. The lowest BCUT2D eigenvalue weighted by Crippen LogP contribution is -2.05. The smallest absolute Gasteiger partial charge is 0.203 e. The first-order chi connectivity index (χ1) is 5.70. The molecule has 0 unspecified atom stereocenters. The van der Waals surface area contributed by atoms with E-state index in [1.807, 2.05) is 0 Å². The van der Waals surface area contributed by atoms with Crippen LogP contribution in [0.15, 0.2) is 6.33 Å². The fourth-order valence-corrected chi connectivity index (χ4v) is 1.23. The van der Waals surface area contributed by atoms with Crippen LogP contribution in [-0.4, -0.2) is 19.5 Å². The normalized spacial score (nSPS) is 10.8. The van der Waals surface area contributed by atoms with Crippen molar-refractivity contribution in [3.8, 4) is 0 Å². The largest absolute Gasteiger partial charge is 0.369 e. The van der Waals surface area contributed by atoms with Gasteiger partial charge >= 0.3 is 0 Å². The first kappa shape index (κ1) is 7.23. The van der Waals surface area contributed by atoms with Crippen LogP contribution in [0.5, 0.6) is 0 Å². The van der Waals surface area contributed by atoms with E-state index >= 15 is 0 Å². The Balaban J connectivity index is 3.05. The van der Waals surface area contributed by atoms with Crippen LogP contribution >= 0.6 is 12.2 Å². The molecule has 0 spiro atoms. The average molecular weight is 181 g/mol. The van der Waals surface area contributed by atoms with E-state index in [1.54, 1.807) is 17.9 Å². The number of nitrogens with zero attached hydrogens (tertiary/aromatic N) is 3. The number of hydrogen-bond acceptors (Lipinski definition) is 4. The van der Waals surface area contributed by atoms with Crippen LogP contribution in [0, 0.1) is 4.64 Å². The van der Waals surface area contributed by atoms with Crippen LogP contribution in [0.3, 0.4) is 0 Å². The zero-order valence-electron chi connectivity index (χ0n) is 6.40. The highest BCUT2D eigenvalue weighted by Gasteiger charge is 2.03. The third-order valence-electron chi connectivity index (χ3n) is 1.70. The topological polar surface area (TPSA) is 72.5 Å². The van der Waals surface area contributed by atoms with Crippen molar-refractivity contribution < 1.29 is 0 Å². The van der Waals surface area contributed by atoms with Crippen molar-refractivity contribution in [1.29, 1.82) is 0 Å². The van der Waals surface area contributed by atoms with Gasteiger partial charge in [-0.2, -0.15) is 4.98 Å². The Morgan fingerprint density at radius 2 is 2.42 bits per heavy atom. The van der Waals surface area contributed by atoms with Gasteiger partial charge in [0.1, 0.15) is 10.2 Å². The van der Waals surface area contributed by atoms with E-state index in [2.05, 4.69) is 15.0 Å². The molecule has 0 saturated carbocycles. The summed E-state index contributed by atoms with van der Waals surface area (Å²) in [7, 11) is 1.77. The molecular formula is C6H7N5S. The highest BCUT2D eigenvalue weighted by Crippen LogP contribution is 2.10. The summed E-state index contributed by atoms with van der Waals surface area (Å²) in [6.45, 7) is 0. The highest BCUT2D eigenvalue weighted by molar-refractivity contribution is 7.71. The minimum Gasteiger partial charge on any atom is -0.369 e. The van der Waals surface area contributed by atoms with Crippen molar-refractivity contribution in [2.75, 3.05) is 5.73 Å². The van der Waals surface area contributed by atoms with E-state index in [0.717, 1.165) is 5.52 Å². The molecule has 0 aromatic carbocycles. The number of H-pyrrole nitrogens is 1. The summed E-state index contributed by atoms with van der Waals surface area (Å²) >= 11 is 5.11. The minimum atomic E-state index is 0.375. The molecule has 2 heterocycles. The van der Waals surface area contributed by atoms with E-state index in [4.69, 9.17) is 18.0 Å². The van der Waals surface area contributed by atoms with Crippen LogP contribution in [0.25, 0.3) is 11.2 Å². The SMILES string of the molecule is Cn1c(N)nc2nc[nH]c2c1=S. The molecule has 0 amide bonds. The molecule has 2 rings (SSSR count). The van der Waals surface area contributed by atoms with Crippen LogP contribution < -0.4 is 5.73 Å². The summed E-state index contributed by atoms with van der Waals surface area (Å²) in [6.07, 6.45) is 1.55. The Kier molecular flexibility index (Phi) is 1.37. The standard InChI is InChI=1S/C6H7N5S/c1-11-5(12)3-4(9-2-8-3)10-6(11)7/h2H,1H3,(H2,7,10)(H,8,9). The van der Waals surface area contributed by atoms with E-state index in [9.17, 15) is 0 Å². The van der Waals surface area contributed by atoms with Crippen molar-refractivity contribution in [2.24, 2.45) is 7.05 Å². The summed E-state index contributed by atoms with van der Waals surface area (Å²) in [4.78, 5) is 10.9. The minimum absolute atomic E-state index is 0.375. The van der Waals surface area contributed by atoms with Gasteiger partial charge < -0.3 is 15.3 Å². The van der Waals surface area contributed by atoms with Gasteiger partial charge in [0.15, 0.2) is 5.65 Å². The molecule has 2 aromatic rings. The third kappa shape index (κ3) is 0.814. The maximum Gasteiger partial charge on any atom is 0.203 e. The number of aromatic amines is 1. The van der Waals surface area contributed by atoms with Crippen molar-refractivity contribution in [3.63, 3.8) is 0 Å². The Morgan fingerprint density at radius 3 is 3.17 bits per heavy atom. The zero-order valence-corrected chi connectivity index (χ0v) is 7.22. The maximum atomic E-state index is 5.58. The highest BCUT2D eigenvalue weighted by atomic mass is 32.1. The van der Waals surface area contributed by atoms with Gasteiger partial charge in [-0.15, -0.1) is 0 Å². The van der Waals surface area contributed by atoms with Gasteiger partial charge in [-0.1, -0.05) is 12.2 Å².